The fraction of sp³-hybridized carbons (Fsp3) is 0.154. The molecular formula is C13H13BrFN3O2S. The topological polar surface area (TPSA) is 85.1 Å². The van der Waals surface area contributed by atoms with Crippen molar-refractivity contribution in [2.24, 2.45) is 0 Å². The molecule has 1 aromatic heterocycles. The molecule has 1 aromatic carbocycles. The molecule has 0 spiro atoms. The molecule has 21 heavy (non-hydrogen) atoms. The molecule has 0 aliphatic rings. The number of anilines is 1. The van der Waals surface area contributed by atoms with Crippen molar-refractivity contribution in [3.8, 4) is 0 Å². The summed E-state index contributed by atoms with van der Waals surface area (Å²) in [5.41, 5.74) is 6.87. The summed E-state index contributed by atoms with van der Waals surface area (Å²) < 4.78 is 40.4. The highest BCUT2D eigenvalue weighted by Gasteiger charge is 2.19. The third-order valence-electron chi connectivity index (χ3n) is 2.94. The Morgan fingerprint density at radius 1 is 1.43 bits per heavy atom. The number of sulfonamides is 1. The average molecular weight is 374 g/mol. The normalized spacial score (nSPS) is 11.6. The molecule has 0 radical (unpaired) electrons. The maximum Gasteiger partial charge on any atom is 0.242 e. The van der Waals surface area contributed by atoms with E-state index in [1.165, 1.54) is 0 Å². The van der Waals surface area contributed by atoms with Gasteiger partial charge in [0.1, 0.15) is 5.82 Å². The van der Waals surface area contributed by atoms with E-state index in [9.17, 15) is 12.8 Å². The number of nitrogens with one attached hydrogen (secondary N) is 1. The van der Waals surface area contributed by atoms with Crippen LogP contribution in [-0.2, 0) is 16.6 Å². The van der Waals surface area contributed by atoms with Crippen LogP contribution in [0.1, 0.15) is 11.1 Å². The van der Waals surface area contributed by atoms with Gasteiger partial charge in [-0.15, -0.1) is 0 Å². The number of pyridine rings is 1. The molecule has 0 aliphatic heterocycles. The Labute approximate surface area is 130 Å². The van der Waals surface area contributed by atoms with Gasteiger partial charge in [0, 0.05) is 23.4 Å². The van der Waals surface area contributed by atoms with Crippen LogP contribution in [0.5, 0.6) is 0 Å². The Bertz CT molecular complexity index is 781. The molecule has 0 aliphatic carbocycles. The summed E-state index contributed by atoms with van der Waals surface area (Å²) in [7, 11) is -3.82. The van der Waals surface area contributed by atoms with Gasteiger partial charge < -0.3 is 5.73 Å². The standard InChI is InChI=1S/C13H13BrFN3O2S/c1-8-2-3-17-6-9(8)7-18-21(19,20)13-5-12(16)11(15)4-10(13)14/h2-6,18H,7,16H2,1H3. The largest absolute Gasteiger partial charge is 0.396 e. The Balaban J connectivity index is 2.27. The van der Waals surface area contributed by atoms with Gasteiger partial charge in [-0.25, -0.2) is 17.5 Å². The summed E-state index contributed by atoms with van der Waals surface area (Å²) in [4.78, 5) is 3.84. The zero-order valence-electron chi connectivity index (χ0n) is 11.1. The maximum atomic E-state index is 13.3. The maximum absolute atomic E-state index is 13.3. The van der Waals surface area contributed by atoms with Crippen LogP contribution in [0, 0.1) is 12.7 Å². The van der Waals surface area contributed by atoms with E-state index in [1.54, 1.807) is 18.5 Å². The molecule has 0 saturated heterocycles. The lowest BCUT2D eigenvalue weighted by Crippen LogP contribution is -2.24. The first-order chi connectivity index (χ1) is 9.81. The van der Waals surface area contributed by atoms with Crippen molar-refractivity contribution in [3.63, 3.8) is 0 Å². The van der Waals surface area contributed by atoms with E-state index in [0.29, 0.717) is 0 Å². The van der Waals surface area contributed by atoms with Crippen molar-refractivity contribution >= 4 is 31.6 Å². The lowest BCUT2D eigenvalue weighted by atomic mass is 10.2. The van der Waals surface area contributed by atoms with Gasteiger partial charge in [-0.1, -0.05) is 0 Å². The Morgan fingerprint density at radius 2 is 2.14 bits per heavy atom. The van der Waals surface area contributed by atoms with Gasteiger partial charge in [0.05, 0.1) is 10.6 Å². The number of halogens is 2. The van der Waals surface area contributed by atoms with Crippen LogP contribution in [0.4, 0.5) is 10.1 Å². The molecule has 0 bridgehead atoms. The predicted molar refractivity (Wildman–Crippen MR) is 81.5 cm³/mol. The molecule has 0 saturated carbocycles. The van der Waals surface area contributed by atoms with Crippen molar-refractivity contribution in [1.29, 1.82) is 0 Å². The summed E-state index contributed by atoms with van der Waals surface area (Å²) in [6.07, 6.45) is 3.22. The fourth-order valence-corrected chi connectivity index (χ4v) is 3.74. The molecule has 5 nitrogen and oxygen atoms in total. The van der Waals surface area contributed by atoms with Crippen molar-refractivity contribution in [1.82, 2.24) is 9.71 Å². The Hall–Kier alpha value is -1.51. The van der Waals surface area contributed by atoms with Crippen molar-refractivity contribution in [2.45, 2.75) is 18.4 Å². The number of rotatable bonds is 4. The quantitative estimate of drug-likeness (QED) is 0.805. The van der Waals surface area contributed by atoms with Crippen LogP contribution in [0.3, 0.4) is 0 Å². The number of hydrogen-bond acceptors (Lipinski definition) is 4. The number of benzene rings is 1. The van der Waals surface area contributed by atoms with E-state index in [-0.39, 0.29) is 21.6 Å². The van der Waals surface area contributed by atoms with Crippen LogP contribution < -0.4 is 10.5 Å². The number of aryl methyl sites for hydroxylation is 1. The summed E-state index contributed by atoms with van der Waals surface area (Å²) in [6.45, 7) is 1.95. The van der Waals surface area contributed by atoms with E-state index in [2.05, 4.69) is 25.6 Å². The van der Waals surface area contributed by atoms with Crippen molar-refractivity contribution in [2.75, 3.05) is 5.73 Å². The van der Waals surface area contributed by atoms with E-state index in [0.717, 1.165) is 23.3 Å². The van der Waals surface area contributed by atoms with Crippen molar-refractivity contribution < 1.29 is 12.8 Å². The number of nitrogen functional groups attached to an aromatic ring is 1. The molecule has 2 aromatic rings. The second-order valence-electron chi connectivity index (χ2n) is 4.43. The molecule has 8 heteroatoms. The summed E-state index contributed by atoms with van der Waals surface area (Å²) in [6, 6.07) is 3.90. The molecule has 3 N–H and O–H groups in total. The number of aromatic nitrogens is 1. The number of nitrogens with two attached hydrogens (primary N) is 1. The van der Waals surface area contributed by atoms with Gasteiger partial charge in [0.25, 0.3) is 0 Å². The first-order valence-electron chi connectivity index (χ1n) is 5.95. The monoisotopic (exact) mass is 373 g/mol. The third-order valence-corrected chi connectivity index (χ3v) is 5.30. The van der Waals surface area contributed by atoms with Gasteiger partial charge in [-0.2, -0.15) is 0 Å². The highest BCUT2D eigenvalue weighted by Crippen LogP contribution is 2.26. The molecule has 0 amide bonds. The van der Waals surface area contributed by atoms with E-state index >= 15 is 0 Å². The number of nitrogens with zero attached hydrogens (tertiary/aromatic N) is 1. The molecule has 0 atom stereocenters. The Morgan fingerprint density at radius 3 is 2.81 bits per heavy atom. The zero-order valence-corrected chi connectivity index (χ0v) is 13.5. The second-order valence-corrected chi connectivity index (χ2v) is 7.02. The van der Waals surface area contributed by atoms with Gasteiger partial charge in [0.15, 0.2) is 0 Å². The molecule has 0 unspecified atom stereocenters. The lowest BCUT2D eigenvalue weighted by Gasteiger charge is -2.11. The minimum atomic E-state index is -3.82. The molecule has 0 fully saturated rings. The van der Waals surface area contributed by atoms with E-state index in [1.807, 2.05) is 6.92 Å². The third kappa shape index (κ3) is 3.58. The SMILES string of the molecule is Cc1ccncc1CNS(=O)(=O)c1cc(N)c(F)cc1Br. The van der Waals surface area contributed by atoms with Crippen LogP contribution >= 0.6 is 15.9 Å². The van der Waals surface area contributed by atoms with E-state index in [4.69, 9.17) is 5.73 Å². The second kappa shape index (κ2) is 6.08. The zero-order chi connectivity index (χ0) is 15.6. The van der Waals surface area contributed by atoms with Crippen molar-refractivity contribution in [3.05, 3.63) is 52.0 Å². The summed E-state index contributed by atoms with van der Waals surface area (Å²) >= 11 is 3.03. The summed E-state index contributed by atoms with van der Waals surface area (Å²) in [5.74, 6) is -0.677. The highest BCUT2D eigenvalue weighted by atomic mass is 79.9. The molecule has 112 valence electrons. The molecular weight excluding hydrogens is 361 g/mol. The first-order valence-corrected chi connectivity index (χ1v) is 8.22. The van der Waals surface area contributed by atoms with Crippen LogP contribution in [0.2, 0.25) is 0 Å². The summed E-state index contributed by atoms with van der Waals surface area (Å²) in [5, 5.41) is 0. The first kappa shape index (κ1) is 15.9. The minimum absolute atomic E-state index is 0.0890. The van der Waals surface area contributed by atoms with Crippen LogP contribution in [0.15, 0.2) is 40.0 Å². The molecule has 2 rings (SSSR count). The molecule has 1 heterocycles. The van der Waals surface area contributed by atoms with Gasteiger partial charge in [0.2, 0.25) is 10.0 Å². The highest BCUT2D eigenvalue weighted by molar-refractivity contribution is 9.10. The predicted octanol–water partition coefficient (Wildman–Crippen LogP) is 2.35. The van der Waals surface area contributed by atoms with Gasteiger partial charge >= 0.3 is 0 Å². The van der Waals surface area contributed by atoms with Gasteiger partial charge in [-0.3, -0.25) is 4.98 Å². The fourth-order valence-electron chi connectivity index (χ4n) is 1.68. The van der Waals surface area contributed by atoms with Gasteiger partial charge in [-0.05, 0) is 52.2 Å². The van der Waals surface area contributed by atoms with Crippen LogP contribution in [0.25, 0.3) is 0 Å². The lowest BCUT2D eigenvalue weighted by molar-refractivity contribution is 0.579. The van der Waals surface area contributed by atoms with Crippen LogP contribution in [-0.4, -0.2) is 13.4 Å². The Kier molecular flexibility index (Phi) is 4.60. The smallest absolute Gasteiger partial charge is 0.242 e. The number of hydrogen-bond donors (Lipinski definition) is 2. The minimum Gasteiger partial charge on any atom is -0.396 e. The average Bonchev–Trinajstić information content (AvgIpc) is 2.42. The van der Waals surface area contributed by atoms with E-state index < -0.39 is 15.8 Å².